The molecule has 6 heteroatoms. The highest BCUT2D eigenvalue weighted by atomic mass is 32.1. The van der Waals surface area contributed by atoms with Gasteiger partial charge in [0.05, 0.1) is 13.7 Å². The molecule has 0 spiro atoms. The third kappa shape index (κ3) is 5.06. The average Bonchev–Trinajstić information content (AvgIpc) is 3.03. The predicted molar refractivity (Wildman–Crippen MR) is 93.4 cm³/mol. The standard InChI is InChI=1S/C17H22N2O3S/c1-21-11-10-18-8-9-19-17(20)16-14(22-2)12-15(23-16)13-6-4-3-5-7-13/h3-7,12,18H,8-11H2,1-2H3,(H,19,20). The van der Waals surface area contributed by atoms with Crippen molar-refractivity contribution in [3.63, 3.8) is 0 Å². The molecule has 0 unspecified atom stereocenters. The van der Waals surface area contributed by atoms with E-state index in [4.69, 9.17) is 9.47 Å². The number of amides is 1. The first kappa shape index (κ1) is 17.5. The number of hydrogen-bond acceptors (Lipinski definition) is 5. The van der Waals surface area contributed by atoms with Gasteiger partial charge >= 0.3 is 0 Å². The normalized spacial score (nSPS) is 10.5. The number of nitrogens with one attached hydrogen (secondary N) is 2. The lowest BCUT2D eigenvalue weighted by atomic mass is 10.2. The van der Waals surface area contributed by atoms with Crippen molar-refractivity contribution in [3.05, 3.63) is 41.3 Å². The number of methoxy groups -OCH3 is 2. The number of rotatable bonds is 9. The summed E-state index contributed by atoms with van der Waals surface area (Å²) in [6, 6.07) is 11.9. The van der Waals surface area contributed by atoms with Crippen LogP contribution >= 0.6 is 11.3 Å². The maximum Gasteiger partial charge on any atom is 0.265 e. The lowest BCUT2D eigenvalue weighted by Crippen LogP contribution is -2.32. The van der Waals surface area contributed by atoms with E-state index in [2.05, 4.69) is 10.6 Å². The van der Waals surface area contributed by atoms with Crippen LogP contribution < -0.4 is 15.4 Å². The van der Waals surface area contributed by atoms with Crippen molar-refractivity contribution in [1.29, 1.82) is 0 Å². The van der Waals surface area contributed by atoms with Crippen LogP contribution in [0, 0.1) is 0 Å². The van der Waals surface area contributed by atoms with E-state index >= 15 is 0 Å². The van der Waals surface area contributed by atoms with Crippen LogP contribution in [0.5, 0.6) is 5.75 Å². The van der Waals surface area contributed by atoms with Crippen molar-refractivity contribution >= 4 is 17.2 Å². The Labute approximate surface area is 140 Å². The van der Waals surface area contributed by atoms with Gasteiger partial charge in [-0.1, -0.05) is 30.3 Å². The van der Waals surface area contributed by atoms with Gasteiger partial charge in [-0.2, -0.15) is 0 Å². The lowest BCUT2D eigenvalue weighted by Gasteiger charge is -2.06. The summed E-state index contributed by atoms with van der Waals surface area (Å²) in [5, 5.41) is 6.09. The van der Waals surface area contributed by atoms with Gasteiger partial charge in [0.1, 0.15) is 10.6 Å². The van der Waals surface area contributed by atoms with Crippen molar-refractivity contribution in [1.82, 2.24) is 10.6 Å². The van der Waals surface area contributed by atoms with E-state index in [1.165, 1.54) is 11.3 Å². The van der Waals surface area contributed by atoms with Crippen molar-refractivity contribution in [2.45, 2.75) is 0 Å². The van der Waals surface area contributed by atoms with Crippen LogP contribution in [0.4, 0.5) is 0 Å². The van der Waals surface area contributed by atoms with Gasteiger partial charge < -0.3 is 20.1 Å². The summed E-state index contributed by atoms with van der Waals surface area (Å²) in [4.78, 5) is 13.9. The molecule has 2 N–H and O–H groups in total. The minimum absolute atomic E-state index is 0.109. The summed E-state index contributed by atoms with van der Waals surface area (Å²) in [7, 11) is 3.25. The second-order valence-corrected chi connectivity index (χ2v) is 5.93. The Kier molecular flexibility index (Phi) is 7.06. The van der Waals surface area contributed by atoms with Gasteiger partial charge in [-0.3, -0.25) is 4.79 Å². The highest BCUT2D eigenvalue weighted by molar-refractivity contribution is 7.17. The van der Waals surface area contributed by atoms with Gasteiger partial charge in [0, 0.05) is 31.6 Å². The van der Waals surface area contributed by atoms with E-state index in [9.17, 15) is 4.79 Å². The fraction of sp³-hybridized carbons (Fsp3) is 0.353. The molecule has 0 aliphatic heterocycles. The molecule has 0 fully saturated rings. The summed E-state index contributed by atoms with van der Waals surface area (Å²) in [6.07, 6.45) is 0. The number of ether oxygens (including phenoxy) is 2. The van der Waals surface area contributed by atoms with Gasteiger partial charge in [-0.15, -0.1) is 11.3 Å². The molecule has 0 bridgehead atoms. The third-order valence-electron chi connectivity index (χ3n) is 3.25. The predicted octanol–water partition coefficient (Wildman–Crippen LogP) is 2.39. The van der Waals surface area contributed by atoms with Crippen molar-refractivity contribution in [2.24, 2.45) is 0 Å². The molecule has 1 heterocycles. The van der Waals surface area contributed by atoms with E-state index in [0.29, 0.717) is 30.3 Å². The van der Waals surface area contributed by atoms with Gasteiger partial charge in [0.15, 0.2) is 0 Å². The molecule has 0 saturated carbocycles. The van der Waals surface area contributed by atoms with Gasteiger partial charge in [0.25, 0.3) is 5.91 Å². The molecule has 124 valence electrons. The fourth-order valence-corrected chi connectivity index (χ4v) is 3.12. The molecule has 0 saturated heterocycles. The third-order valence-corrected chi connectivity index (χ3v) is 4.42. The molecule has 0 aliphatic rings. The topological polar surface area (TPSA) is 59.6 Å². The van der Waals surface area contributed by atoms with Crippen LogP contribution in [0.25, 0.3) is 10.4 Å². The SMILES string of the molecule is COCCNCCNC(=O)c1sc(-c2ccccc2)cc1OC. The molecule has 5 nitrogen and oxygen atoms in total. The van der Waals surface area contributed by atoms with Crippen LogP contribution in [0.15, 0.2) is 36.4 Å². The van der Waals surface area contributed by atoms with Gasteiger partial charge in [-0.05, 0) is 11.6 Å². The van der Waals surface area contributed by atoms with E-state index in [1.807, 2.05) is 36.4 Å². The van der Waals surface area contributed by atoms with E-state index in [-0.39, 0.29) is 5.91 Å². The Balaban J connectivity index is 1.96. The molecular weight excluding hydrogens is 312 g/mol. The Morgan fingerprint density at radius 3 is 2.61 bits per heavy atom. The number of benzene rings is 1. The molecule has 0 atom stereocenters. The van der Waals surface area contributed by atoms with Gasteiger partial charge in [0.2, 0.25) is 0 Å². The average molecular weight is 334 g/mol. The Morgan fingerprint density at radius 2 is 1.91 bits per heavy atom. The van der Waals surface area contributed by atoms with Crippen molar-refractivity contribution in [3.8, 4) is 16.2 Å². The van der Waals surface area contributed by atoms with E-state index in [1.54, 1.807) is 14.2 Å². The molecule has 1 amide bonds. The molecule has 0 aliphatic carbocycles. The highest BCUT2D eigenvalue weighted by Gasteiger charge is 2.17. The minimum Gasteiger partial charge on any atom is -0.495 e. The lowest BCUT2D eigenvalue weighted by molar-refractivity contribution is 0.0955. The summed E-state index contributed by atoms with van der Waals surface area (Å²) in [5.41, 5.74) is 1.08. The maximum absolute atomic E-state index is 12.3. The van der Waals surface area contributed by atoms with Crippen LogP contribution in [0.1, 0.15) is 9.67 Å². The molecule has 2 aromatic rings. The largest absolute Gasteiger partial charge is 0.495 e. The Hall–Kier alpha value is -1.89. The van der Waals surface area contributed by atoms with E-state index in [0.717, 1.165) is 17.0 Å². The number of thiophene rings is 1. The molecule has 2 rings (SSSR count). The van der Waals surface area contributed by atoms with Crippen LogP contribution in [-0.2, 0) is 4.74 Å². The first-order valence-electron chi connectivity index (χ1n) is 7.47. The Morgan fingerprint density at radius 1 is 1.13 bits per heavy atom. The van der Waals surface area contributed by atoms with Crippen molar-refractivity contribution < 1.29 is 14.3 Å². The summed E-state index contributed by atoms with van der Waals surface area (Å²) in [5.74, 6) is 0.501. The van der Waals surface area contributed by atoms with E-state index < -0.39 is 0 Å². The fourth-order valence-electron chi connectivity index (χ4n) is 2.07. The molecule has 23 heavy (non-hydrogen) atoms. The monoisotopic (exact) mass is 334 g/mol. The minimum atomic E-state index is -0.109. The van der Waals surface area contributed by atoms with Gasteiger partial charge in [-0.25, -0.2) is 0 Å². The summed E-state index contributed by atoms with van der Waals surface area (Å²) in [6.45, 7) is 2.69. The first-order valence-corrected chi connectivity index (χ1v) is 8.29. The first-order chi connectivity index (χ1) is 11.3. The molecule has 1 aromatic heterocycles. The zero-order valence-electron chi connectivity index (χ0n) is 13.4. The quantitative estimate of drug-likeness (QED) is 0.691. The highest BCUT2D eigenvalue weighted by Crippen LogP contribution is 2.35. The number of carbonyl (C=O) groups excluding carboxylic acids is 1. The zero-order chi connectivity index (χ0) is 16.5. The van der Waals surface area contributed by atoms with Crippen LogP contribution in [-0.4, -0.2) is 46.4 Å². The summed E-state index contributed by atoms with van der Waals surface area (Å²) < 4.78 is 10.3. The van der Waals surface area contributed by atoms with Crippen molar-refractivity contribution in [2.75, 3.05) is 40.5 Å². The number of hydrogen-bond donors (Lipinski definition) is 2. The Bertz CT molecular complexity index is 614. The summed E-state index contributed by atoms with van der Waals surface area (Å²) >= 11 is 1.44. The second kappa shape index (κ2) is 9.29. The number of carbonyl (C=O) groups is 1. The molecule has 1 aromatic carbocycles. The molecular formula is C17H22N2O3S. The molecule has 0 radical (unpaired) electrons. The van der Waals surface area contributed by atoms with Crippen LogP contribution in [0.3, 0.4) is 0 Å². The van der Waals surface area contributed by atoms with Crippen LogP contribution in [0.2, 0.25) is 0 Å². The second-order valence-electron chi connectivity index (χ2n) is 4.87. The maximum atomic E-state index is 12.3. The zero-order valence-corrected chi connectivity index (χ0v) is 14.2. The smallest absolute Gasteiger partial charge is 0.265 e.